The van der Waals surface area contributed by atoms with Gasteiger partial charge in [-0.05, 0) is 43.7 Å². The lowest BCUT2D eigenvalue weighted by Gasteiger charge is -2.10. The Balaban J connectivity index is 2.43. The molecule has 0 aliphatic heterocycles. The summed E-state index contributed by atoms with van der Waals surface area (Å²) in [5, 5.41) is 21.6. The summed E-state index contributed by atoms with van der Waals surface area (Å²) < 4.78 is 12.0. The number of aldehydes is 1. The van der Waals surface area contributed by atoms with Crippen LogP contribution in [0.1, 0.15) is 22.2 Å². The number of benzene rings is 1. The summed E-state index contributed by atoms with van der Waals surface area (Å²) in [7, 11) is 0. The number of aryl methyl sites for hydroxylation is 1. The highest BCUT2D eigenvalue weighted by Crippen LogP contribution is 2.40. The first-order valence-electron chi connectivity index (χ1n) is 6.98. The van der Waals surface area contributed by atoms with Crippen molar-refractivity contribution in [3.8, 4) is 16.2 Å². The highest BCUT2D eigenvalue weighted by molar-refractivity contribution is 7.17. The molecule has 3 N–H and O–H groups in total. The van der Waals surface area contributed by atoms with Gasteiger partial charge in [0.2, 0.25) is 0 Å². The van der Waals surface area contributed by atoms with E-state index in [1.165, 1.54) is 13.0 Å². The summed E-state index contributed by atoms with van der Waals surface area (Å²) in [6.45, 7) is 3.19. The smallest absolute Gasteiger partial charge is 0.389 e. The van der Waals surface area contributed by atoms with Gasteiger partial charge in [0.05, 0.1) is 11.4 Å². The molecule has 1 aromatic carbocycles. The van der Waals surface area contributed by atoms with Gasteiger partial charge in [0, 0.05) is 15.0 Å². The molecule has 0 aliphatic carbocycles. The van der Waals surface area contributed by atoms with Crippen molar-refractivity contribution in [3.05, 3.63) is 34.7 Å². The number of phenolic OH excluding ortho intramolecular Hbond substituents is 1. The Morgan fingerprint density at radius 2 is 2.16 bits per heavy atom. The molecule has 0 bridgehead atoms. The zero-order valence-corrected chi connectivity index (χ0v) is 14.1. The van der Waals surface area contributed by atoms with E-state index in [0.29, 0.717) is 16.7 Å². The Labute approximate surface area is 146 Å². The largest absolute Gasteiger partial charge is 0.505 e. The van der Waals surface area contributed by atoms with Crippen molar-refractivity contribution >= 4 is 40.7 Å². The third-order valence-electron chi connectivity index (χ3n) is 3.19. The van der Waals surface area contributed by atoms with Crippen molar-refractivity contribution < 1.29 is 24.2 Å². The van der Waals surface area contributed by atoms with Crippen LogP contribution in [0.2, 0.25) is 0 Å². The normalized spacial score (nSPS) is 11.1. The van der Waals surface area contributed by atoms with Crippen molar-refractivity contribution in [3.63, 3.8) is 0 Å². The summed E-state index contributed by atoms with van der Waals surface area (Å²) >= 11 is 0.956. The number of carbonyl (C=O) groups excluding carboxylic acids is 2. The summed E-state index contributed by atoms with van der Waals surface area (Å²) in [5.41, 5.74) is 3.82. The third-order valence-corrected chi connectivity index (χ3v) is 4.29. The number of anilines is 1. The SMILES string of the molecule is CC(=N)/C(C=O)=N/Nc1cc(C)cc(-c2ccc(C(=O)OF)s2)c1O. The first-order valence-corrected chi connectivity index (χ1v) is 7.80. The van der Waals surface area contributed by atoms with E-state index in [4.69, 9.17) is 5.41 Å². The molecule has 1 aromatic heterocycles. The lowest BCUT2D eigenvalue weighted by molar-refractivity contribution is -0.102. The minimum Gasteiger partial charge on any atom is -0.505 e. The van der Waals surface area contributed by atoms with E-state index in [2.05, 4.69) is 15.5 Å². The van der Waals surface area contributed by atoms with Gasteiger partial charge in [0.1, 0.15) is 16.3 Å². The third kappa shape index (κ3) is 4.07. The molecular formula is C16H14FN3O4S. The zero-order chi connectivity index (χ0) is 18.6. The minimum atomic E-state index is -1.11. The van der Waals surface area contributed by atoms with Gasteiger partial charge in [-0.2, -0.15) is 5.10 Å². The van der Waals surface area contributed by atoms with Crippen LogP contribution in [0.4, 0.5) is 10.2 Å². The molecule has 130 valence electrons. The number of rotatable bonds is 6. The van der Waals surface area contributed by atoms with Gasteiger partial charge in [-0.15, -0.1) is 11.3 Å². The van der Waals surface area contributed by atoms with Crippen LogP contribution in [0.25, 0.3) is 10.4 Å². The Morgan fingerprint density at radius 3 is 2.76 bits per heavy atom. The fourth-order valence-electron chi connectivity index (χ4n) is 2.00. The molecule has 0 saturated carbocycles. The maximum Gasteiger partial charge on any atom is 0.389 e. The van der Waals surface area contributed by atoms with Gasteiger partial charge in [-0.3, -0.25) is 10.2 Å². The monoisotopic (exact) mass is 363 g/mol. The highest BCUT2D eigenvalue weighted by atomic mass is 32.1. The molecule has 9 heteroatoms. The molecule has 2 rings (SSSR count). The highest BCUT2D eigenvalue weighted by Gasteiger charge is 2.16. The van der Waals surface area contributed by atoms with Crippen LogP contribution in [0.3, 0.4) is 0 Å². The fourth-order valence-corrected chi connectivity index (χ4v) is 2.89. The summed E-state index contributed by atoms with van der Waals surface area (Å²) in [4.78, 5) is 25.8. The molecule has 7 nitrogen and oxygen atoms in total. The van der Waals surface area contributed by atoms with Crippen LogP contribution >= 0.6 is 11.3 Å². The van der Waals surface area contributed by atoms with E-state index in [0.717, 1.165) is 16.9 Å². The lowest BCUT2D eigenvalue weighted by Crippen LogP contribution is -2.12. The molecule has 0 amide bonds. The lowest BCUT2D eigenvalue weighted by atomic mass is 10.1. The molecule has 0 unspecified atom stereocenters. The molecule has 0 fully saturated rings. The number of hydrogen-bond acceptors (Lipinski definition) is 8. The summed E-state index contributed by atoms with van der Waals surface area (Å²) in [6, 6.07) is 6.23. The molecule has 1 heterocycles. The second-order valence-corrected chi connectivity index (χ2v) is 6.17. The number of halogens is 1. The van der Waals surface area contributed by atoms with Crippen molar-refractivity contribution in [1.82, 2.24) is 0 Å². The van der Waals surface area contributed by atoms with Crippen LogP contribution in [0, 0.1) is 12.3 Å². The van der Waals surface area contributed by atoms with Crippen LogP contribution in [-0.4, -0.2) is 28.8 Å². The minimum absolute atomic E-state index is 0.0255. The quantitative estimate of drug-likeness (QED) is 0.315. The van der Waals surface area contributed by atoms with Crippen molar-refractivity contribution in [1.29, 1.82) is 5.41 Å². The number of nitrogens with one attached hydrogen (secondary N) is 2. The molecule has 0 saturated heterocycles. The molecule has 0 spiro atoms. The molecule has 0 aliphatic rings. The van der Waals surface area contributed by atoms with Gasteiger partial charge in [-0.1, -0.05) is 0 Å². The van der Waals surface area contributed by atoms with Crippen LogP contribution in [0.5, 0.6) is 5.75 Å². The predicted molar refractivity (Wildman–Crippen MR) is 93.2 cm³/mol. The average Bonchev–Trinajstić information content (AvgIpc) is 3.06. The van der Waals surface area contributed by atoms with Gasteiger partial charge >= 0.3 is 5.97 Å². The van der Waals surface area contributed by atoms with Crippen LogP contribution < -0.4 is 5.43 Å². The predicted octanol–water partition coefficient (Wildman–Crippen LogP) is 3.48. The number of nitrogens with zero attached hydrogens (tertiary/aromatic N) is 1. The summed E-state index contributed by atoms with van der Waals surface area (Å²) in [6.07, 6.45) is 0.428. The number of carbonyl (C=O) groups is 2. The number of hydrogen-bond donors (Lipinski definition) is 3. The first kappa shape index (κ1) is 18.3. The summed E-state index contributed by atoms with van der Waals surface area (Å²) in [5.74, 6) is -1.27. The van der Waals surface area contributed by atoms with Gasteiger partial charge in [0.15, 0.2) is 6.29 Å². The standard InChI is InChI=1S/C16H14FN3O4S/c1-8-5-10(13-3-4-14(25-13)16(23)24-17)15(22)11(6-8)19-20-12(7-21)9(2)18/h3-7,18-19,22H,1-2H3/b18-9?,20-12+. The number of hydrazone groups is 1. The van der Waals surface area contributed by atoms with E-state index in [1.807, 2.05) is 0 Å². The Morgan fingerprint density at radius 1 is 1.44 bits per heavy atom. The Hall–Kier alpha value is -3.07. The van der Waals surface area contributed by atoms with E-state index in [1.54, 1.807) is 25.1 Å². The van der Waals surface area contributed by atoms with Gasteiger partial charge in [0.25, 0.3) is 0 Å². The number of phenols is 1. The topological polar surface area (TPSA) is 112 Å². The Bertz CT molecular complexity index is 876. The van der Waals surface area contributed by atoms with Crippen molar-refractivity contribution in [2.75, 3.05) is 5.43 Å². The van der Waals surface area contributed by atoms with E-state index in [9.17, 15) is 19.2 Å². The maximum absolute atomic E-state index is 12.0. The van der Waals surface area contributed by atoms with Crippen molar-refractivity contribution in [2.45, 2.75) is 13.8 Å². The molecule has 0 radical (unpaired) electrons. The fraction of sp³-hybridized carbons (Fsp3) is 0.125. The molecule has 0 atom stereocenters. The first-order chi connectivity index (χ1) is 11.9. The van der Waals surface area contributed by atoms with Crippen LogP contribution in [-0.2, 0) is 9.74 Å². The van der Waals surface area contributed by atoms with E-state index < -0.39 is 5.97 Å². The van der Waals surface area contributed by atoms with Crippen molar-refractivity contribution in [2.24, 2.45) is 5.10 Å². The number of thiophene rings is 1. The molecule has 25 heavy (non-hydrogen) atoms. The Kier molecular flexibility index (Phi) is 5.60. The molecular weight excluding hydrogens is 349 g/mol. The van der Waals surface area contributed by atoms with E-state index >= 15 is 0 Å². The average molecular weight is 363 g/mol. The van der Waals surface area contributed by atoms with Crippen LogP contribution in [0.15, 0.2) is 29.4 Å². The maximum atomic E-state index is 12.0. The molecule has 2 aromatic rings. The van der Waals surface area contributed by atoms with Gasteiger partial charge in [-0.25, -0.2) is 9.74 Å². The second kappa shape index (κ2) is 7.67. The second-order valence-electron chi connectivity index (χ2n) is 5.09. The zero-order valence-electron chi connectivity index (χ0n) is 13.3. The van der Waals surface area contributed by atoms with Gasteiger partial charge < -0.3 is 10.5 Å². The van der Waals surface area contributed by atoms with E-state index in [-0.39, 0.29) is 27.7 Å². The number of aromatic hydroxyl groups is 1.